The Morgan fingerprint density at radius 3 is 2.89 bits per heavy atom. The molecule has 1 atom stereocenters. The highest BCUT2D eigenvalue weighted by atomic mass is 35.5. The van der Waals surface area contributed by atoms with E-state index in [1.165, 1.54) is 16.7 Å². The number of para-hydroxylation sites is 1. The van der Waals surface area contributed by atoms with Crippen molar-refractivity contribution in [1.82, 2.24) is 4.90 Å². The van der Waals surface area contributed by atoms with Gasteiger partial charge in [-0.1, -0.05) is 41.6 Å². The van der Waals surface area contributed by atoms with Crippen LogP contribution in [0.25, 0.3) is 0 Å². The zero-order valence-corrected chi connectivity index (χ0v) is 16.8. The van der Waals surface area contributed by atoms with Crippen molar-refractivity contribution in [3.8, 4) is 0 Å². The molecule has 2 aromatic carbocycles. The molecule has 0 fully saturated rings. The Morgan fingerprint density at radius 1 is 1.29 bits per heavy atom. The zero-order chi connectivity index (χ0) is 19.8. The van der Waals surface area contributed by atoms with Crippen LogP contribution < -0.4 is 5.32 Å². The lowest BCUT2D eigenvalue weighted by atomic mass is 10.1. The summed E-state index contributed by atoms with van der Waals surface area (Å²) < 4.78 is 0. The molecule has 0 aromatic heterocycles. The van der Waals surface area contributed by atoms with Gasteiger partial charge in [-0.25, -0.2) is 9.89 Å². The first-order valence-corrected chi connectivity index (χ1v) is 10.1. The predicted octanol–water partition coefficient (Wildman–Crippen LogP) is 4.00. The van der Waals surface area contributed by atoms with Crippen LogP contribution in [0, 0.1) is 6.92 Å². The number of amidine groups is 2. The molecule has 2 heterocycles. The van der Waals surface area contributed by atoms with Crippen molar-refractivity contribution in [2.75, 3.05) is 11.1 Å². The van der Waals surface area contributed by atoms with Gasteiger partial charge in [-0.2, -0.15) is 0 Å². The summed E-state index contributed by atoms with van der Waals surface area (Å²) in [7, 11) is 0. The lowest BCUT2D eigenvalue weighted by molar-refractivity contribution is -0.124. The second kappa shape index (κ2) is 7.41. The highest BCUT2D eigenvalue weighted by Crippen LogP contribution is 2.33. The van der Waals surface area contributed by atoms with Gasteiger partial charge in [0.2, 0.25) is 5.91 Å². The molecule has 2 aliphatic heterocycles. The number of fused-ring (bicyclic) bond motifs is 3. The number of carbonyl (C=O) groups excluding carboxylic acids is 2. The normalized spacial score (nSPS) is 17.6. The smallest absolute Gasteiger partial charge is 0.258 e. The van der Waals surface area contributed by atoms with Crippen LogP contribution in [0.5, 0.6) is 0 Å². The molecule has 1 N–H and O–H groups in total. The van der Waals surface area contributed by atoms with Crippen LogP contribution in [-0.4, -0.2) is 39.5 Å². The number of aliphatic imine (C=N–C) groups is 2. The quantitative estimate of drug-likeness (QED) is 0.827. The molecule has 2 aliphatic rings. The van der Waals surface area contributed by atoms with Crippen molar-refractivity contribution in [3.05, 3.63) is 58.6 Å². The van der Waals surface area contributed by atoms with Crippen LogP contribution in [0.15, 0.2) is 52.4 Å². The minimum atomic E-state index is -0.463. The molecule has 0 unspecified atom stereocenters. The third kappa shape index (κ3) is 3.43. The molecule has 0 bridgehead atoms. The van der Waals surface area contributed by atoms with Crippen LogP contribution in [-0.2, 0) is 9.59 Å². The number of hydrogen-bond acceptors (Lipinski definition) is 5. The summed E-state index contributed by atoms with van der Waals surface area (Å²) in [5.74, 6) is 0.368. The van der Waals surface area contributed by atoms with Crippen molar-refractivity contribution in [2.24, 2.45) is 9.98 Å². The van der Waals surface area contributed by atoms with Gasteiger partial charge in [0.05, 0.1) is 11.4 Å². The summed E-state index contributed by atoms with van der Waals surface area (Å²) in [6, 6.07) is 12.4. The summed E-state index contributed by atoms with van der Waals surface area (Å²) in [6.45, 7) is 3.65. The molecule has 6 nitrogen and oxygen atoms in total. The maximum atomic E-state index is 12.6. The molecule has 142 valence electrons. The molecule has 28 heavy (non-hydrogen) atoms. The molecule has 2 amide bonds. The van der Waals surface area contributed by atoms with Crippen LogP contribution in [0.4, 0.5) is 11.4 Å². The molecular formula is C20H17ClN4O2S. The Hall–Kier alpha value is -2.64. The molecule has 0 saturated heterocycles. The van der Waals surface area contributed by atoms with E-state index in [1.807, 2.05) is 37.3 Å². The van der Waals surface area contributed by atoms with Crippen molar-refractivity contribution < 1.29 is 9.59 Å². The maximum Gasteiger partial charge on any atom is 0.258 e. The number of rotatable bonds is 3. The molecule has 0 spiro atoms. The number of benzene rings is 2. The number of anilines is 1. The first-order valence-electron chi connectivity index (χ1n) is 8.72. The summed E-state index contributed by atoms with van der Waals surface area (Å²) >= 11 is 7.21. The third-order valence-corrected chi connectivity index (χ3v) is 5.64. The van der Waals surface area contributed by atoms with Gasteiger partial charge in [0.15, 0.2) is 5.17 Å². The lowest BCUT2D eigenvalue weighted by Crippen LogP contribution is -2.41. The zero-order valence-electron chi connectivity index (χ0n) is 15.3. The first kappa shape index (κ1) is 18.7. The Morgan fingerprint density at radius 2 is 2.07 bits per heavy atom. The topological polar surface area (TPSA) is 74.1 Å². The van der Waals surface area contributed by atoms with E-state index in [0.29, 0.717) is 21.7 Å². The molecule has 0 radical (unpaired) electrons. The van der Waals surface area contributed by atoms with E-state index in [1.54, 1.807) is 19.1 Å². The molecule has 8 heteroatoms. The Labute approximate surface area is 171 Å². The minimum absolute atomic E-state index is 0.110. The van der Waals surface area contributed by atoms with Gasteiger partial charge >= 0.3 is 0 Å². The number of nitrogens with zero attached hydrogens (tertiary/aromatic N) is 3. The summed E-state index contributed by atoms with van der Waals surface area (Å²) in [5, 5.41) is 3.87. The number of nitrogens with one attached hydrogen (secondary N) is 1. The van der Waals surface area contributed by atoms with Gasteiger partial charge in [0.1, 0.15) is 11.9 Å². The fraction of sp³-hybridized carbons (Fsp3) is 0.200. The minimum Gasteiger partial charge on any atom is -0.325 e. The summed E-state index contributed by atoms with van der Waals surface area (Å²) in [6.07, 6.45) is 0. The van der Waals surface area contributed by atoms with Crippen molar-refractivity contribution in [2.45, 2.75) is 19.9 Å². The molecular weight excluding hydrogens is 396 g/mol. The van der Waals surface area contributed by atoms with Crippen LogP contribution >= 0.6 is 23.4 Å². The molecule has 0 aliphatic carbocycles. The van der Waals surface area contributed by atoms with Crippen LogP contribution in [0.1, 0.15) is 18.1 Å². The van der Waals surface area contributed by atoms with Crippen molar-refractivity contribution in [1.29, 1.82) is 0 Å². The fourth-order valence-electron chi connectivity index (χ4n) is 3.02. The monoisotopic (exact) mass is 412 g/mol. The Bertz CT molecular complexity index is 1050. The van der Waals surface area contributed by atoms with Crippen molar-refractivity contribution in [3.63, 3.8) is 0 Å². The summed E-state index contributed by atoms with van der Waals surface area (Å²) in [4.78, 5) is 35.6. The number of amides is 2. The predicted molar refractivity (Wildman–Crippen MR) is 114 cm³/mol. The number of carbonyl (C=O) groups is 2. The molecule has 4 rings (SSSR count). The van der Waals surface area contributed by atoms with Gasteiger partial charge in [-0.15, -0.1) is 0 Å². The Balaban J connectivity index is 1.53. The second-order valence-electron chi connectivity index (χ2n) is 6.51. The van der Waals surface area contributed by atoms with Gasteiger partial charge in [-0.05, 0) is 43.7 Å². The maximum absolute atomic E-state index is 12.6. The lowest BCUT2D eigenvalue weighted by Gasteiger charge is -2.25. The van der Waals surface area contributed by atoms with E-state index in [9.17, 15) is 9.59 Å². The Kier molecular flexibility index (Phi) is 4.95. The van der Waals surface area contributed by atoms with Crippen molar-refractivity contribution >= 4 is 57.6 Å². The SMILES string of the molecule is Cc1ccc(Cl)cc1NC(=O)CSC1=Nc2ccccc2C2=N[C@@H](C)C(=O)N12. The first-order chi connectivity index (χ1) is 13.4. The van der Waals surface area contributed by atoms with Crippen LogP contribution in [0.3, 0.4) is 0 Å². The van der Waals surface area contributed by atoms with Gasteiger partial charge in [-0.3, -0.25) is 14.6 Å². The highest BCUT2D eigenvalue weighted by molar-refractivity contribution is 8.14. The van der Waals surface area contributed by atoms with E-state index in [-0.39, 0.29) is 17.6 Å². The van der Waals surface area contributed by atoms with Gasteiger partial charge in [0, 0.05) is 16.3 Å². The largest absolute Gasteiger partial charge is 0.325 e. The van der Waals surface area contributed by atoms with E-state index in [2.05, 4.69) is 15.3 Å². The van der Waals surface area contributed by atoms with E-state index in [4.69, 9.17) is 11.6 Å². The van der Waals surface area contributed by atoms with Gasteiger partial charge < -0.3 is 5.32 Å². The number of thioether (sulfide) groups is 1. The number of hydrogen-bond donors (Lipinski definition) is 1. The van der Waals surface area contributed by atoms with E-state index in [0.717, 1.165) is 16.8 Å². The fourth-order valence-corrected chi connectivity index (χ4v) is 3.99. The van der Waals surface area contributed by atoms with E-state index < -0.39 is 6.04 Å². The molecule has 0 saturated carbocycles. The highest BCUT2D eigenvalue weighted by Gasteiger charge is 2.39. The molecule has 2 aromatic rings. The van der Waals surface area contributed by atoms with Gasteiger partial charge in [0.25, 0.3) is 5.91 Å². The number of aryl methyl sites for hydroxylation is 1. The van der Waals surface area contributed by atoms with Crippen LogP contribution in [0.2, 0.25) is 5.02 Å². The third-order valence-electron chi connectivity index (χ3n) is 4.46. The average molecular weight is 413 g/mol. The average Bonchev–Trinajstić information content (AvgIpc) is 2.98. The number of halogens is 1. The summed E-state index contributed by atoms with van der Waals surface area (Å²) in [5.41, 5.74) is 3.16. The van der Waals surface area contributed by atoms with E-state index >= 15 is 0 Å². The second-order valence-corrected chi connectivity index (χ2v) is 7.89. The standard InChI is InChI=1S/C20H17ClN4O2S/c1-11-7-8-13(21)9-16(11)23-17(26)10-28-20-24-15-6-4-3-5-14(15)18-22-12(2)19(27)25(18)20/h3-9,12H,10H2,1-2H3,(H,23,26)/t12-/m0/s1.